The quantitative estimate of drug-likeness (QED) is 0.587. The van der Waals surface area contributed by atoms with E-state index in [9.17, 15) is 31.2 Å². The van der Waals surface area contributed by atoms with Gasteiger partial charge in [-0.1, -0.05) is 17.7 Å². The highest BCUT2D eigenvalue weighted by Gasteiger charge is 2.31. The maximum atomic E-state index is 13.1. The summed E-state index contributed by atoms with van der Waals surface area (Å²) in [4.78, 5) is 24.4. The monoisotopic (exact) mass is 486 g/mol. The molecular formula is C22H25F3N2O5S. The maximum Gasteiger partial charge on any atom is 0.416 e. The number of benzene rings is 2. The summed E-state index contributed by atoms with van der Waals surface area (Å²) < 4.78 is 69.4. The van der Waals surface area contributed by atoms with E-state index in [4.69, 9.17) is 4.74 Å². The molecule has 7 nitrogen and oxygen atoms in total. The molecule has 0 spiro atoms. The molecule has 33 heavy (non-hydrogen) atoms. The van der Waals surface area contributed by atoms with Gasteiger partial charge in [0.05, 0.1) is 27.6 Å². The van der Waals surface area contributed by atoms with Gasteiger partial charge in [-0.25, -0.2) is 13.2 Å². The molecule has 0 heterocycles. The zero-order valence-corrected chi connectivity index (χ0v) is 19.4. The van der Waals surface area contributed by atoms with Gasteiger partial charge in [-0.05, 0) is 58.0 Å². The van der Waals surface area contributed by atoms with Crippen molar-refractivity contribution in [3.63, 3.8) is 0 Å². The summed E-state index contributed by atoms with van der Waals surface area (Å²) >= 11 is 0. The number of hydrogen-bond donors (Lipinski definition) is 2. The van der Waals surface area contributed by atoms with Crippen molar-refractivity contribution in [1.82, 2.24) is 0 Å². The first kappa shape index (κ1) is 26.2. The van der Waals surface area contributed by atoms with E-state index in [1.165, 1.54) is 12.1 Å². The number of hydrogen-bond acceptors (Lipinski definition) is 5. The molecule has 0 saturated carbocycles. The highest BCUT2D eigenvalue weighted by atomic mass is 32.2. The molecule has 2 rings (SSSR count). The molecule has 0 aliphatic carbocycles. The van der Waals surface area contributed by atoms with Gasteiger partial charge in [-0.2, -0.15) is 13.2 Å². The van der Waals surface area contributed by atoms with Gasteiger partial charge >= 0.3 is 12.3 Å². The zero-order valence-electron chi connectivity index (χ0n) is 18.5. The molecular weight excluding hydrogens is 461 g/mol. The van der Waals surface area contributed by atoms with E-state index in [-0.39, 0.29) is 16.3 Å². The van der Waals surface area contributed by atoms with Crippen molar-refractivity contribution < 1.29 is 35.9 Å². The highest BCUT2D eigenvalue weighted by molar-refractivity contribution is 7.91. The lowest BCUT2D eigenvalue weighted by Crippen LogP contribution is -2.28. The summed E-state index contributed by atoms with van der Waals surface area (Å²) in [6.45, 7) is 6.62. The Bertz CT molecular complexity index is 1120. The number of sulfone groups is 1. The number of halogens is 3. The first-order valence-corrected chi connectivity index (χ1v) is 11.5. The maximum absolute atomic E-state index is 13.1. The molecule has 0 atom stereocenters. The number of ether oxygens (including phenoxy) is 1. The molecule has 2 amide bonds. The van der Waals surface area contributed by atoms with Crippen LogP contribution in [0.2, 0.25) is 0 Å². The van der Waals surface area contributed by atoms with Crippen LogP contribution in [-0.4, -0.2) is 31.8 Å². The second-order valence-corrected chi connectivity index (χ2v) is 10.4. The normalized spacial score (nSPS) is 12.2. The number of carbonyl (C=O) groups excluding carboxylic acids is 2. The minimum absolute atomic E-state index is 0.0345. The van der Waals surface area contributed by atoms with Gasteiger partial charge in [0, 0.05) is 6.42 Å². The van der Waals surface area contributed by atoms with Crippen LogP contribution in [0.3, 0.4) is 0 Å². The minimum Gasteiger partial charge on any atom is -0.444 e. The molecule has 0 aliphatic rings. The number of aryl methyl sites for hydroxylation is 1. The average Bonchev–Trinajstić information content (AvgIpc) is 2.66. The molecule has 2 N–H and O–H groups in total. The molecule has 0 aromatic heterocycles. The summed E-state index contributed by atoms with van der Waals surface area (Å²) in [5.41, 5.74) is -1.52. The lowest BCUT2D eigenvalue weighted by molar-refractivity contribution is -0.137. The Morgan fingerprint density at radius 3 is 2.09 bits per heavy atom. The van der Waals surface area contributed by atoms with Crippen molar-refractivity contribution >= 4 is 33.2 Å². The third-order valence-corrected chi connectivity index (χ3v) is 5.97. The van der Waals surface area contributed by atoms with Crippen LogP contribution < -0.4 is 10.6 Å². The van der Waals surface area contributed by atoms with Crippen LogP contribution in [0.5, 0.6) is 0 Å². The first-order valence-electron chi connectivity index (χ1n) is 9.87. The van der Waals surface area contributed by atoms with Crippen molar-refractivity contribution in [2.45, 2.75) is 50.8 Å². The molecule has 2 aromatic carbocycles. The van der Waals surface area contributed by atoms with Gasteiger partial charge in [-0.3, -0.25) is 10.1 Å². The third kappa shape index (κ3) is 8.08. The molecule has 11 heteroatoms. The SMILES string of the molecule is Cc1ccc(S(=O)(=O)CCC(=O)Nc2cc(C(F)(F)F)ccc2NC(=O)OC(C)(C)C)cc1. The summed E-state index contributed by atoms with van der Waals surface area (Å²) in [6, 6.07) is 8.43. The lowest BCUT2D eigenvalue weighted by atomic mass is 10.1. The second kappa shape index (κ2) is 9.82. The predicted octanol–water partition coefficient (Wildman–Crippen LogP) is 5.16. The van der Waals surface area contributed by atoms with Crippen LogP contribution in [0, 0.1) is 6.92 Å². The van der Waals surface area contributed by atoms with Crippen molar-refractivity contribution in [2.75, 3.05) is 16.4 Å². The van der Waals surface area contributed by atoms with Gasteiger partial charge in [0.1, 0.15) is 5.60 Å². The van der Waals surface area contributed by atoms with E-state index in [0.29, 0.717) is 6.07 Å². The van der Waals surface area contributed by atoms with Gasteiger partial charge in [-0.15, -0.1) is 0 Å². The topological polar surface area (TPSA) is 102 Å². The Kier molecular flexibility index (Phi) is 7.79. The second-order valence-electron chi connectivity index (χ2n) is 8.32. The number of nitrogens with one attached hydrogen (secondary N) is 2. The van der Waals surface area contributed by atoms with E-state index in [2.05, 4.69) is 10.6 Å². The smallest absolute Gasteiger partial charge is 0.416 e. The number of rotatable bonds is 6. The zero-order chi connectivity index (χ0) is 25.0. The van der Waals surface area contributed by atoms with Crippen molar-refractivity contribution in [2.24, 2.45) is 0 Å². The molecule has 0 fully saturated rings. The Labute approximate surface area is 190 Å². The van der Waals surface area contributed by atoms with Crippen LogP contribution in [0.1, 0.15) is 38.3 Å². The van der Waals surface area contributed by atoms with Crippen LogP contribution in [0.4, 0.5) is 29.3 Å². The fourth-order valence-corrected chi connectivity index (χ4v) is 3.89. The van der Waals surface area contributed by atoms with Gasteiger partial charge < -0.3 is 10.1 Å². The van der Waals surface area contributed by atoms with E-state index >= 15 is 0 Å². The van der Waals surface area contributed by atoms with E-state index in [1.54, 1.807) is 39.8 Å². The lowest BCUT2D eigenvalue weighted by Gasteiger charge is -2.21. The van der Waals surface area contributed by atoms with E-state index in [0.717, 1.165) is 17.7 Å². The largest absolute Gasteiger partial charge is 0.444 e. The summed E-state index contributed by atoms with van der Waals surface area (Å²) in [7, 11) is -3.78. The molecule has 2 aromatic rings. The Morgan fingerprint density at radius 2 is 1.55 bits per heavy atom. The van der Waals surface area contributed by atoms with Crippen molar-refractivity contribution in [1.29, 1.82) is 0 Å². The molecule has 0 bridgehead atoms. The van der Waals surface area contributed by atoms with Crippen LogP contribution >= 0.6 is 0 Å². The highest BCUT2D eigenvalue weighted by Crippen LogP contribution is 2.34. The summed E-state index contributed by atoms with van der Waals surface area (Å²) in [5, 5.41) is 4.54. The average molecular weight is 487 g/mol. The Morgan fingerprint density at radius 1 is 0.939 bits per heavy atom. The summed E-state index contributed by atoms with van der Waals surface area (Å²) in [5.74, 6) is -1.38. The third-order valence-electron chi connectivity index (χ3n) is 4.23. The van der Waals surface area contributed by atoms with Crippen LogP contribution in [0.25, 0.3) is 0 Å². The van der Waals surface area contributed by atoms with Gasteiger partial charge in [0.25, 0.3) is 0 Å². The van der Waals surface area contributed by atoms with Crippen LogP contribution in [-0.2, 0) is 25.5 Å². The Hall–Kier alpha value is -3.08. The van der Waals surface area contributed by atoms with Crippen LogP contribution in [0.15, 0.2) is 47.4 Å². The molecule has 180 valence electrons. The Balaban J connectivity index is 2.19. The molecule has 0 aliphatic heterocycles. The fraction of sp³-hybridized carbons (Fsp3) is 0.364. The summed E-state index contributed by atoms with van der Waals surface area (Å²) in [6.07, 6.45) is -6.13. The van der Waals surface area contributed by atoms with Gasteiger partial charge in [0.2, 0.25) is 5.91 Å². The number of carbonyl (C=O) groups is 2. The van der Waals surface area contributed by atoms with Gasteiger partial charge in [0.15, 0.2) is 9.84 Å². The van der Waals surface area contributed by atoms with E-state index in [1.807, 2.05) is 0 Å². The number of alkyl halides is 3. The number of amides is 2. The number of anilines is 2. The molecule has 0 radical (unpaired) electrons. The van der Waals surface area contributed by atoms with Crippen molar-refractivity contribution in [3.8, 4) is 0 Å². The molecule has 0 saturated heterocycles. The minimum atomic E-state index is -4.70. The van der Waals surface area contributed by atoms with E-state index < -0.39 is 51.4 Å². The first-order chi connectivity index (χ1) is 15.1. The predicted molar refractivity (Wildman–Crippen MR) is 118 cm³/mol. The fourth-order valence-electron chi connectivity index (χ4n) is 2.65. The van der Waals surface area contributed by atoms with Crippen molar-refractivity contribution in [3.05, 3.63) is 53.6 Å². The standard InChI is InChI=1S/C22H25F3N2O5S/c1-14-5-8-16(9-6-14)33(30,31)12-11-19(28)26-18-13-15(22(23,24)25)7-10-17(18)27-20(29)32-21(2,3)4/h5-10,13H,11-12H2,1-4H3,(H,26,28)(H,27,29). The molecule has 0 unspecified atom stereocenters.